The van der Waals surface area contributed by atoms with E-state index in [1.54, 1.807) is 0 Å². The summed E-state index contributed by atoms with van der Waals surface area (Å²) in [6, 6.07) is 0. The van der Waals surface area contributed by atoms with Gasteiger partial charge in [0.25, 0.3) is 0 Å². The fourth-order valence-corrected chi connectivity index (χ4v) is 1.67. The van der Waals surface area contributed by atoms with Gasteiger partial charge in [0.1, 0.15) is 0 Å². The molecule has 0 aliphatic heterocycles. The number of fused-ring (bicyclic) bond motifs is 1. The standard InChI is InChI=1S/C8H3ClF6N4/c9-4-6-18-17-5(19(6)2-1-16-4)3(7(10,11)12)8(13,14)15/h1-3H. The molecule has 0 N–H and O–H groups in total. The highest BCUT2D eigenvalue weighted by molar-refractivity contribution is 6.32. The number of hydrogen-bond donors (Lipinski definition) is 0. The van der Waals surface area contributed by atoms with Gasteiger partial charge in [0.2, 0.25) is 5.92 Å². The highest BCUT2D eigenvalue weighted by Crippen LogP contribution is 2.45. The van der Waals surface area contributed by atoms with Crippen molar-refractivity contribution in [3.8, 4) is 0 Å². The number of halogens is 7. The van der Waals surface area contributed by atoms with Crippen LogP contribution in [-0.2, 0) is 0 Å². The highest BCUT2D eigenvalue weighted by Gasteiger charge is 2.60. The molecule has 0 bridgehead atoms. The van der Waals surface area contributed by atoms with Crippen molar-refractivity contribution in [3.63, 3.8) is 0 Å². The maximum absolute atomic E-state index is 12.6. The first kappa shape index (κ1) is 13.8. The van der Waals surface area contributed by atoms with Crippen molar-refractivity contribution in [1.82, 2.24) is 19.6 Å². The zero-order valence-corrected chi connectivity index (χ0v) is 9.42. The Kier molecular flexibility index (Phi) is 3.07. The Morgan fingerprint density at radius 1 is 1.05 bits per heavy atom. The number of aromatic nitrogens is 4. The number of nitrogens with zero attached hydrogens (tertiary/aromatic N) is 4. The van der Waals surface area contributed by atoms with Crippen LogP contribution in [0, 0.1) is 0 Å². The van der Waals surface area contributed by atoms with E-state index in [1.165, 1.54) is 0 Å². The lowest BCUT2D eigenvalue weighted by Crippen LogP contribution is -2.35. The number of hydrogen-bond acceptors (Lipinski definition) is 3. The van der Waals surface area contributed by atoms with Gasteiger partial charge in [0, 0.05) is 12.4 Å². The predicted molar refractivity (Wildman–Crippen MR) is 50.6 cm³/mol. The highest BCUT2D eigenvalue weighted by atomic mass is 35.5. The summed E-state index contributed by atoms with van der Waals surface area (Å²) < 4.78 is 75.9. The molecular formula is C8H3ClF6N4. The molecule has 2 rings (SSSR count). The van der Waals surface area contributed by atoms with Crippen molar-refractivity contribution in [2.45, 2.75) is 18.3 Å². The molecule has 19 heavy (non-hydrogen) atoms. The Morgan fingerprint density at radius 2 is 1.63 bits per heavy atom. The zero-order chi connectivity index (χ0) is 14.4. The number of alkyl halides is 6. The Labute approximate surface area is 106 Å². The molecule has 2 heterocycles. The third-order valence-corrected chi connectivity index (χ3v) is 2.49. The van der Waals surface area contributed by atoms with Crippen LogP contribution in [0.15, 0.2) is 12.4 Å². The second kappa shape index (κ2) is 4.22. The summed E-state index contributed by atoms with van der Waals surface area (Å²) in [6.45, 7) is 0. The van der Waals surface area contributed by atoms with Crippen LogP contribution in [0.5, 0.6) is 0 Å². The average molecular weight is 305 g/mol. The first-order valence-corrected chi connectivity index (χ1v) is 4.98. The minimum Gasteiger partial charge on any atom is -0.281 e. The second-order valence-electron chi connectivity index (χ2n) is 3.49. The van der Waals surface area contributed by atoms with Crippen molar-refractivity contribution in [2.24, 2.45) is 0 Å². The third kappa shape index (κ3) is 2.44. The van der Waals surface area contributed by atoms with E-state index in [0.29, 0.717) is 4.40 Å². The smallest absolute Gasteiger partial charge is 0.281 e. The summed E-state index contributed by atoms with van der Waals surface area (Å²) in [6.07, 6.45) is -9.26. The molecule has 0 saturated carbocycles. The predicted octanol–water partition coefficient (Wildman–Crippen LogP) is 2.99. The van der Waals surface area contributed by atoms with Gasteiger partial charge >= 0.3 is 12.4 Å². The quantitative estimate of drug-likeness (QED) is 0.761. The summed E-state index contributed by atoms with van der Waals surface area (Å²) in [7, 11) is 0. The molecule has 2 aromatic heterocycles. The molecule has 0 fully saturated rings. The monoisotopic (exact) mass is 304 g/mol. The van der Waals surface area contributed by atoms with Gasteiger partial charge in [0.05, 0.1) is 0 Å². The van der Waals surface area contributed by atoms with Gasteiger partial charge in [-0.15, -0.1) is 10.2 Å². The van der Waals surface area contributed by atoms with Crippen LogP contribution < -0.4 is 0 Å². The van der Waals surface area contributed by atoms with Gasteiger partial charge in [-0.1, -0.05) is 11.6 Å². The van der Waals surface area contributed by atoms with E-state index in [0.717, 1.165) is 12.4 Å². The Morgan fingerprint density at radius 3 is 2.16 bits per heavy atom. The van der Waals surface area contributed by atoms with E-state index in [1.807, 2.05) is 0 Å². The maximum Gasteiger partial charge on any atom is 0.407 e. The Bertz CT molecular complexity index is 589. The topological polar surface area (TPSA) is 43.1 Å². The molecule has 0 saturated heterocycles. The van der Waals surface area contributed by atoms with Gasteiger partial charge in [-0.05, 0) is 0 Å². The van der Waals surface area contributed by atoms with Crippen LogP contribution in [-0.4, -0.2) is 31.9 Å². The Hall–Kier alpha value is -1.58. The fourth-order valence-electron chi connectivity index (χ4n) is 1.49. The van der Waals surface area contributed by atoms with Crippen molar-refractivity contribution in [2.75, 3.05) is 0 Å². The molecule has 0 spiro atoms. The first-order chi connectivity index (χ1) is 8.62. The molecule has 4 nitrogen and oxygen atoms in total. The molecule has 0 unspecified atom stereocenters. The zero-order valence-electron chi connectivity index (χ0n) is 8.67. The van der Waals surface area contributed by atoms with E-state index in [9.17, 15) is 26.3 Å². The summed E-state index contributed by atoms with van der Waals surface area (Å²) >= 11 is 5.51. The van der Waals surface area contributed by atoms with Crippen molar-refractivity contribution >= 4 is 17.2 Å². The minimum atomic E-state index is -5.54. The molecule has 2 aromatic rings. The van der Waals surface area contributed by atoms with Gasteiger partial charge in [-0.3, -0.25) is 4.40 Å². The van der Waals surface area contributed by atoms with E-state index in [2.05, 4.69) is 15.2 Å². The van der Waals surface area contributed by atoms with Gasteiger partial charge < -0.3 is 0 Å². The first-order valence-electron chi connectivity index (χ1n) is 4.61. The van der Waals surface area contributed by atoms with Crippen molar-refractivity contribution < 1.29 is 26.3 Å². The molecule has 11 heteroatoms. The Balaban J connectivity index is 2.68. The van der Waals surface area contributed by atoms with E-state index < -0.39 is 24.1 Å². The molecular weight excluding hydrogens is 302 g/mol. The largest absolute Gasteiger partial charge is 0.407 e. The lowest BCUT2D eigenvalue weighted by molar-refractivity contribution is -0.255. The molecule has 0 aromatic carbocycles. The summed E-state index contributed by atoms with van der Waals surface area (Å²) in [5.41, 5.74) is -0.377. The molecule has 0 radical (unpaired) electrons. The minimum absolute atomic E-state index is 0.343. The number of rotatable bonds is 1. The van der Waals surface area contributed by atoms with Crippen molar-refractivity contribution in [1.29, 1.82) is 0 Å². The lowest BCUT2D eigenvalue weighted by atomic mass is 10.1. The van der Waals surface area contributed by atoms with Crippen LogP contribution >= 0.6 is 11.6 Å². The van der Waals surface area contributed by atoms with Crippen LogP contribution in [0.3, 0.4) is 0 Å². The molecule has 0 atom stereocenters. The molecule has 0 aliphatic rings. The third-order valence-electron chi connectivity index (χ3n) is 2.22. The van der Waals surface area contributed by atoms with Gasteiger partial charge in [-0.2, -0.15) is 26.3 Å². The SMILES string of the molecule is FC(F)(F)C(c1nnc2c(Cl)nccn12)C(F)(F)F. The van der Waals surface area contributed by atoms with Crippen molar-refractivity contribution in [3.05, 3.63) is 23.4 Å². The summed E-state index contributed by atoms with van der Waals surface area (Å²) in [5, 5.41) is 5.78. The second-order valence-corrected chi connectivity index (χ2v) is 3.84. The van der Waals surface area contributed by atoms with E-state index in [-0.39, 0.29) is 10.8 Å². The fraction of sp³-hybridized carbons (Fsp3) is 0.375. The normalized spacial score (nSPS) is 13.5. The molecule has 0 aliphatic carbocycles. The van der Waals surface area contributed by atoms with Crippen LogP contribution in [0.1, 0.15) is 11.7 Å². The van der Waals surface area contributed by atoms with E-state index >= 15 is 0 Å². The summed E-state index contributed by atoms with van der Waals surface area (Å²) in [5.74, 6) is -5.05. The van der Waals surface area contributed by atoms with Crippen LogP contribution in [0.2, 0.25) is 5.15 Å². The lowest BCUT2D eigenvalue weighted by Gasteiger charge is -2.21. The summed E-state index contributed by atoms with van der Waals surface area (Å²) in [4.78, 5) is 3.48. The van der Waals surface area contributed by atoms with Gasteiger partial charge in [0.15, 0.2) is 16.6 Å². The molecule has 0 amide bonds. The van der Waals surface area contributed by atoms with E-state index in [4.69, 9.17) is 11.6 Å². The maximum atomic E-state index is 12.6. The van der Waals surface area contributed by atoms with Crippen LogP contribution in [0.4, 0.5) is 26.3 Å². The van der Waals surface area contributed by atoms with Crippen LogP contribution in [0.25, 0.3) is 5.65 Å². The molecule has 104 valence electrons. The van der Waals surface area contributed by atoms with Gasteiger partial charge in [-0.25, -0.2) is 4.98 Å². The average Bonchev–Trinajstić information content (AvgIpc) is 2.59.